The van der Waals surface area contributed by atoms with Crippen molar-refractivity contribution in [3.05, 3.63) is 129 Å². The number of halogens is 12. The zero-order chi connectivity index (χ0) is 38.0. The predicted molar refractivity (Wildman–Crippen MR) is 183 cm³/mol. The summed E-state index contributed by atoms with van der Waals surface area (Å²) in [6.07, 6.45) is -5.54. The fraction of sp³-hybridized carbons (Fsp3) is 0.300. The number of rotatable bonds is 8. The van der Waals surface area contributed by atoms with E-state index in [9.17, 15) is 43.9 Å². The quantitative estimate of drug-likeness (QED) is 0.126. The third kappa shape index (κ3) is 7.58. The van der Waals surface area contributed by atoms with Gasteiger partial charge in [0, 0.05) is 0 Å². The molecule has 0 amide bonds. The third-order valence-corrected chi connectivity index (χ3v) is 29.6. The Hall–Kier alpha value is -2.66. The van der Waals surface area contributed by atoms with Gasteiger partial charge in [0.05, 0.1) is 0 Å². The van der Waals surface area contributed by atoms with Crippen LogP contribution in [0.15, 0.2) is 96.1 Å². The van der Waals surface area contributed by atoms with E-state index in [1.54, 1.807) is 0 Å². The van der Waals surface area contributed by atoms with E-state index in [4.69, 9.17) is 0 Å². The molecule has 0 bridgehead atoms. The van der Waals surface area contributed by atoms with Gasteiger partial charge in [-0.15, -0.1) is 0 Å². The Morgan fingerprint density at radius 1 is 0.519 bits per heavy atom. The Morgan fingerprint density at radius 2 is 0.852 bits per heavy atom. The number of hydrogen-bond donors (Lipinski definition) is 0. The number of alkyl halides is 10. The van der Waals surface area contributed by atoms with Crippen molar-refractivity contribution in [1.29, 1.82) is 0 Å². The third-order valence-electron chi connectivity index (χ3n) is 10.1. The number of benzene rings is 4. The van der Waals surface area contributed by atoms with Gasteiger partial charge in [0.2, 0.25) is 0 Å². The molecule has 0 saturated heterocycles. The average Bonchev–Trinajstić information content (AvgIpc) is 3.66. The van der Waals surface area contributed by atoms with Crippen LogP contribution in [0.1, 0.15) is 67.3 Å². The largest absolute Gasteiger partial charge is 1.00 e. The van der Waals surface area contributed by atoms with E-state index >= 15 is 0 Å². The molecule has 54 heavy (non-hydrogen) atoms. The molecule has 6 rings (SSSR count). The fourth-order valence-corrected chi connectivity index (χ4v) is 28.4. The summed E-state index contributed by atoms with van der Waals surface area (Å²) in [5.74, 6) is -9.95. The maximum absolute atomic E-state index is 14.1. The molecule has 0 aromatic heterocycles. The predicted octanol–water partition coefficient (Wildman–Crippen LogP) is 7.60. The van der Waals surface area contributed by atoms with Gasteiger partial charge in [0.15, 0.2) is 0 Å². The molecule has 0 fully saturated rings. The Labute approximate surface area is 327 Å². The molecule has 0 saturated carbocycles. The van der Waals surface area contributed by atoms with Crippen LogP contribution in [0.25, 0.3) is 34.4 Å². The average molecular weight is 895 g/mol. The van der Waals surface area contributed by atoms with E-state index in [1.807, 2.05) is 24.3 Å². The molecule has 2 aliphatic rings. The molecule has 0 spiro atoms. The molecular weight excluding hydrogens is 861 g/mol. The van der Waals surface area contributed by atoms with Crippen molar-refractivity contribution in [3.8, 4) is 22.3 Å². The van der Waals surface area contributed by atoms with E-state index in [0.717, 1.165) is 70.5 Å². The van der Waals surface area contributed by atoms with Crippen molar-refractivity contribution in [2.24, 2.45) is 0 Å². The van der Waals surface area contributed by atoms with Gasteiger partial charge in [-0.25, -0.2) is 0 Å². The smallest absolute Gasteiger partial charge is 1.00 e. The monoisotopic (exact) mass is 892 g/mol. The minimum atomic E-state index is -5.71. The molecule has 2 unspecified atom stereocenters. The summed E-state index contributed by atoms with van der Waals surface area (Å²) in [6, 6.07) is 20.3. The molecule has 0 aliphatic heterocycles. The van der Waals surface area contributed by atoms with E-state index in [0.29, 0.717) is 11.1 Å². The van der Waals surface area contributed by atoms with Crippen molar-refractivity contribution < 1.29 is 89.1 Å². The van der Waals surface area contributed by atoms with Gasteiger partial charge in [-0.2, -0.15) is 0 Å². The van der Waals surface area contributed by atoms with Crippen molar-refractivity contribution in [2.75, 3.05) is 0 Å². The first-order valence-electron chi connectivity index (χ1n) is 16.8. The van der Waals surface area contributed by atoms with Crippen LogP contribution in [0.2, 0.25) is 13.1 Å². The van der Waals surface area contributed by atoms with Gasteiger partial charge in [0.1, 0.15) is 0 Å². The topological polar surface area (TPSA) is 0 Å². The Morgan fingerprint density at radius 3 is 1.13 bits per heavy atom. The standard InChI is InChI=1S/2C19H14F5.C2H6Si.2ClH.Zr/c2*1-2-12-10-14-4-3-5-16(17(14)11-12)13-6-8-15(9-7-13)18(20,21)19(22,23)24;1-3-2;;;/h2*3-11H,2H2,1H3;1-2H3;2*1H;/q;;;;;+2/p-2. The van der Waals surface area contributed by atoms with Crippen LogP contribution in [0.3, 0.4) is 0 Å². The molecule has 0 N–H and O–H groups in total. The molecule has 0 nitrogen and oxygen atoms in total. The van der Waals surface area contributed by atoms with Crippen LogP contribution >= 0.6 is 0 Å². The van der Waals surface area contributed by atoms with Gasteiger partial charge in [-0.3, -0.25) is 0 Å². The summed E-state index contributed by atoms with van der Waals surface area (Å²) >= 11 is -2.67. The number of hydrogen-bond acceptors (Lipinski definition) is 0. The second kappa shape index (κ2) is 16.1. The zero-order valence-corrected chi connectivity index (χ0v) is 34.3. The van der Waals surface area contributed by atoms with Crippen LogP contribution in [0, 0.1) is 0 Å². The maximum Gasteiger partial charge on any atom is -1.00 e. The molecule has 14 heteroatoms. The minimum Gasteiger partial charge on any atom is -1.00 e. The first kappa shape index (κ1) is 44.1. The second-order valence-electron chi connectivity index (χ2n) is 13.4. The van der Waals surface area contributed by atoms with Crippen molar-refractivity contribution in [3.63, 3.8) is 0 Å². The summed E-state index contributed by atoms with van der Waals surface area (Å²) in [5, 5.41) is 0. The number of allylic oxidation sites excluding steroid dienone is 2. The normalized spacial score (nSPS) is 16.6. The molecule has 2 atom stereocenters. The van der Waals surface area contributed by atoms with Crippen LogP contribution in [0.4, 0.5) is 43.9 Å². The second-order valence-corrected chi connectivity index (χ2v) is 31.2. The molecular formula is C40H34Cl2F10SiZr. The molecule has 4 aromatic carbocycles. The van der Waals surface area contributed by atoms with Crippen LogP contribution in [0.5, 0.6) is 0 Å². The van der Waals surface area contributed by atoms with Crippen LogP contribution < -0.4 is 24.8 Å². The SMILES string of the molecule is CCC1=Cc2c(-c3ccc(C(F)(F)C(F)(F)F)cc3)cccc2[CH]1[Zr+2]([CH]1C(CC)=Cc2c(-c3ccc(C(F)(F)C(F)(F)F)cc3)cccc21)=[Si](C)C.[Cl-].[Cl-]. The summed E-state index contributed by atoms with van der Waals surface area (Å²) in [7, 11) is 0. The van der Waals surface area contributed by atoms with Gasteiger partial charge in [0.25, 0.3) is 0 Å². The first-order valence-corrected chi connectivity index (χ1v) is 25.8. The van der Waals surface area contributed by atoms with Crippen molar-refractivity contribution >= 4 is 17.6 Å². The zero-order valence-electron chi connectivity index (χ0n) is 29.3. The van der Waals surface area contributed by atoms with Gasteiger partial charge in [-0.05, 0) is 0 Å². The molecule has 0 radical (unpaired) electrons. The summed E-state index contributed by atoms with van der Waals surface area (Å²) in [5.41, 5.74) is 6.18. The summed E-state index contributed by atoms with van der Waals surface area (Å²) in [6.45, 7) is 8.87. The summed E-state index contributed by atoms with van der Waals surface area (Å²) < 4.78 is 135. The van der Waals surface area contributed by atoms with Gasteiger partial charge < -0.3 is 24.8 Å². The van der Waals surface area contributed by atoms with E-state index < -0.39 is 61.1 Å². The summed E-state index contributed by atoms with van der Waals surface area (Å²) in [4.78, 5) is 0. The Kier molecular flexibility index (Phi) is 13.1. The van der Waals surface area contributed by atoms with E-state index in [2.05, 4.69) is 51.2 Å². The van der Waals surface area contributed by atoms with Crippen LogP contribution in [-0.2, 0) is 32.2 Å². The Balaban J connectivity index is 0.00000325. The van der Waals surface area contributed by atoms with Crippen LogP contribution in [-0.4, -0.2) is 17.8 Å². The Bertz CT molecular complexity index is 1970. The minimum absolute atomic E-state index is 0. The number of fused-ring (bicyclic) bond motifs is 2. The van der Waals surface area contributed by atoms with Gasteiger partial charge >= 0.3 is 305 Å². The fourth-order valence-electron chi connectivity index (χ4n) is 7.57. The van der Waals surface area contributed by atoms with Gasteiger partial charge in [-0.1, -0.05) is 0 Å². The first-order chi connectivity index (χ1) is 24.3. The molecule has 2 aliphatic carbocycles. The van der Waals surface area contributed by atoms with Crippen molar-refractivity contribution in [2.45, 2.75) is 71.2 Å². The van der Waals surface area contributed by atoms with E-state index in [-0.39, 0.29) is 32.1 Å². The van der Waals surface area contributed by atoms with E-state index in [1.165, 1.54) is 35.4 Å². The maximum atomic E-state index is 14.1. The molecule has 0 heterocycles. The van der Waals surface area contributed by atoms with Crippen molar-refractivity contribution in [1.82, 2.24) is 0 Å². The molecule has 4 aromatic rings. The molecule has 286 valence electrons.